The van der Waals surface area contributed by atoms with Crippen LogP contribution in [-0.4, -0.2) is 25.2 Å². The Bertz CT molecular complexity index is 128. The van der Waals surface area contributed by atoms with Gasteiger partial charge in [-0.15, -0.1) is 0 Å². The van der Waals surface area contributed by atoms with Gasteiger partial charge in [-0.1, -0.05) is 19.8 Å². The summed E-state index contributed by atoms with van der Waals surface area (Å²) < 4.78 is 0. The van der Waals surface area contributed by atoms with E-state index in [1.807, 2.05) is 0 Å². The maximum absolute atomic E-state index is 3.68. The van der Waals surface area contributed by atoms with Crippen LogP contribution in [0.2, 0.25) is 0 Å². The molecule has 0 aromatic carbocycles. The molecule has 0 heterocycles. The van der Waals surface area contributed by atoms with Crippen LogP contribution in [0.1, 0.15) is 46.0 Å². The van der Waals surface area contributed by atoms with Crippen molar-refractivity contribution in [3.63, 3.8) is 0 Å². The summed E-state index contributed by atoms with van der Waals surface area (Å²) in [6, 6.07) is 0. The Hall–Kier alpha value is -0.0800. The molecule has 0 bridgehead atoms. The Labute approximate surface area is 82.5 Å². The van der Waals surface area contributed by atoms with Crippen LogP contribution in [0.5, 0.6) is 0 Å². The van der Waals surface area contributed by atoms with Gasteiger partial charge in [0.1, 0.15) is 0 Å². The summed E-state index contributed by atoms with van der Waals surface area (Å²) in [4.78, 5) is 0. The monoisotopic (exact) mass is 184 g/mol. The molecule has 0 aromatic heterocycles. The van der Waals surface area contributed by atoms with Crippen molar-refractivity contribution >= 4 is 0 Å². The Balaban J connectivity index is 1.98. The lowest BCUT2D eigenvalue weighted by Crippen LogP contribution is -2.40. The standard InChI is InChI=1S/C11H24N2/c1-3-12-9-6-10-13-11(2)7-4-5-8-11/h12-13H,3-10H2,1-2H3. The molecular weight excluding hydrogens is 160 g/mol. The van der Waals surface area contributed by atoms with Crippen molar-refractivity contribution in [3.05, 3.63) is 0 Å². The molecule has 1 aliphatic rings. The molecular formula is C11H24N2. The molecule has 2 heteroatoms. The van der Waals surface area contributed by atoms with E-state index in [1.165, 1.54) is 38.6 Å². The first kappa shape index (κ1) is 11.0. The largest absolute Gasteiger partial charge is 0.317 e. The molecule has 0 unspecified atom stereocenters. The van der Waals surface area contributed by atoms with Crippen LogP contribution >= 0.6 is 0 Å². The first-order chi connectivity index (χ1) is 6.27. The van der Waals surface area contributed by atoms with E-state index >= 15 is 0 Å². The molecule has 0 saturated heterocycles. The maximum Gasteiger partial charge on any atom is 0.0153 e. The average molecular weight is 184 g/mol. The average Bonchev–Trinajstić information content (AvgIpc) is 2.53. The van der Waals surface area contributed by atoms with Crippen molar-refractivity contribution in [1.29, 1.82) is 0 Å². The van der Waals surface area contributed by atoms with Crippen molar-refractivity contribution in [3.8, 4) is 0 Å². The number of hydrogen-bond donors (Lipinski definition) is 2. The van der Waals surface area contributed by atoms with Gasteiger partial charge in [0.2, 0.25) is 0 Å². The van der Waals surface area contributed by atoms with Gasteiger partial charge in [0, 0.05) is 5.54 Å². The Morgan fingerprint density at radius 3 is 2.46 bits per heavy atom. The van der Waals surface area contributed by atoms with Gasteiger partial charge in [-0.05, 0) is 45.8 Å². The molecule has 0 atom stereocenters. The number of hydrogen-bond acceptors (Lipinski definition) is 2. The zero-order valence-electron chi connectivity index (χ0n) is 9.16. The number of rotatable bonds is 6. The van der Waals surface area contributed by atoms with Crippen LogP contribution in [0, 0.1) is 0 Å². The maximum atomic E-state index is 3.68. The predicted molar refractivity (Wildman–Crippen MR) is 58.0 cm³/mol. The number of nitrogens with one attached hydrogen (secondary N) is 2. The Morgan fingerprint density at radius 1 is 1.15 bits per heavy atom. The zero-order valence-corrected chi connectivity index (χ0v) is 9.16. The van der Waals surface area contributed by atoms with Gasteiger partial charge >= 0.3 is 0 Å². The molecule has 1 rings (SSSR count). The second kappa shape index (κ2) is 5.61. The first-order valence-electron chi connectivity index (χ1n) is 5.72. The van der Waals surface area contributed by atoms with Crippen molar-refractivity contribution in [1.82, 2.24) is 10.6 Å². The topological polar surface area (TPSA) is 24.1 Å². The van der Waals surface area contributed by atoms with Crippen LogP contribution in [0.4, 0.5) is 0 Å². The fraction of sp³-hybridized carbons (Fsp3) is 1.00. The van der Waals surface area contributed by atoms with E-state index in [4.69, 9.17) is 0 Å². The molecule has 1 saturated carbocycles. The van der Waals surface area contributed by atoms with E-state index in [0.29, 0.717) is 5.54 Å². The molecule has 0 aliphatic heterocycles. The smallest absolute Gasteiger partial charge is 0.0153 e. The second-order valence-corrected chi connectivity index (χ2v) is 4.40. The Morgan fingerprint density at radius 2 is 1.85 bits per heavy atom. The molecule has 0 spiro atoms. The molecule has 0 radical (unpaired) electrons. The summed E-state index contributed by atoms with van der Waals surface area (Å²) in [5.74, 6) is 0. The van der Waals surface area contributed by atoms with Crippen molar-refractivity contribution in [2.45, 2.75) is 51.5 Å². The van der Waals surface area contributed by atoms with Crippen LogP contribution in [0.15, 0.2) is 0 Å². The minimum atomic E-state index is 0.464. The van der Waals surface area contributed by atoms with Gasteiger partial charge in [-0.3, -0.25) is 0 Å². The van der Waals surface area contributed by atoms with E-state index < -0.39 is 0 Å². The van der Waals surface area contributed by atoms with Crippen LogP contribution < -0.4 is 10.6 Å². The van der Waals surface area contributed by atoms with E-state index in [9.17, 15) is 0 Å². The molecule has 0 aromatic rings. The third-order valence-corrected chi connectivity index (χ3v) is 3.04. The van der Waals surface area contributed by atoms with Crippen LogP contribution in [-0.2, 0) is 0 Å². The third-order valence-electron chi connectivity index (χ3n) is 3.04. The van der Waals surface area contributed by atoms with E-state index in [0.717, 1.165) is 13.1 Å². The lowest BCUT2D eigenvalue weighted by Gasteiger charge is -2.25. The van der Waals surface area contributed by atoms with Gasteiger partial charge in [-0.25, -0.2) is 0 Å². The van der Waals surface area contributed by atoms with Crippen LogP contribution in [0.3, 0.4) is 0 Å². The highest BCUT2D eigenvalue weighted by Crippen LogP contribution is 2.28. The van der Waals surface area contributed by atoms with Gasteiger partial charge in [0.25, 0.3) is 0 Å². The first-order valence-corrected chi connectivity index (χ1v) is 5.72. The lowest BCUT2D eigenvalue weighted by atomic mass is 10.0. The summed E-state index contributed by atoms with van der Waals surface area (Å²) in [5, 5.41) is 7.02. The molecule has 13 heavy (non-hydrogen) atoms. The van der Waals surface area contributed by atoms with Crippen molar-refractivity contribution < 1.29 is 0 Å². The van der Waals surface area contributed by atoms with Gasteiger partial charge in [-0.2, -0.15) is 0 Å². The second-order valence-electron chi connectivity index (χ2n) is 4.40. The minimum absolute atomic E-state index is 0.464. The highest BCUT2D eigenvalue weighted by atomic mass is 15.0. The van der Waals surface area contributed by atoms with E-state index in [1.54, 1.807) is 0 Å². The van der Waals surface area contributed by atoms with Gasteiger partial charge < -0.3 is 10.6 Å². The van der Waals surface area contributed by atoms with Crippen molar-refractivity contribution in [2.75, 3.05) is 19.6 Å². The molecule has 2 N–H and O–H groups in total. The third kappa shape index (κ3) is 4.10. The van der Waals surface area contributed by atoms with E-state index in [2.05, 4.69) is 24.5 Å². The summed E-state index contributed by atoms with van der Waals surface area (Å²) in [6.07, 6.45) is 6.82. The van der Waals surface area contributed by atoms with Crippen LogP contribution in [0.25, 0.3) is 0 Å². The summed E-state index contributed by atoms with van der Waals surface area (Å²) in [6.45, 7) is 7.94. The highest BCUT2D eigenvalue weighted by molar-refractivity contribution is 4.87. The fourth-order valence-corrected chi connectivity index (χ4v) is 2.11. The van der Waals surface area contributed by atoms with Gasteiger partial charge in [0.15, 0.2) is 0 Å². The quantitative estimate of drug-likeness (QED) is 0.616. The minimum Gasteiger partial charge on any atom is -0.317 e. The SMILES string of the molecule is CCNCCCNC1(C)CCCC1. The lowest BCUT2D eigenvalue weighted by molar-refractivity contribution is 0.361. The molecule has 2 nitrogen and oxygen atoms in total. The molecule has 1 fully saturated rings. The molecule has 1 aliphatic carbocycles. The highest BCUT2D eigenvalue weighted by Gasteiger charge is 2.26. The summed E-state index contributed by atoms with van der Waals surface area (Å²) >= 11 is 0. The molecule has 0 amide bonds. The molecule has 78 valence electrons. The van der Waals surface area contributed by atoms with E-state index in [-0.39, 0.29) is 0 Å². The Kier molecular flexibility index (Phi) is 4.74. The fourth-order valence-electron chi connectivity index (χ4n) is 2.11. The van der Waals surface area contributed by atoms with Gasteiger partial charge in [0.05, 0.1) is 0 Å². The predicted octanol–water partition coefficient (Wildman–Crippen LogP) is 1.91. The summed E-state index contributed by atoms with van der Waals surface area (Å²) in [5.41, 5.74) is 0.464. The van der Waals surface area contributed by atoms with Crippen molar-refractivity contribution in [2.24, 2.45) is 0 Å². The normalized spacial score (nSPS) is 20.8. The zero-order chi connectivity index (χ0) is 9.57. The summed E-state index contributed by atoms with van der Waals surface area (Å²) in [7, 11) is 0.